The van der Waals surface area contributed by atoms with Gasteiger partial charge in [-0.05, 0) is 37.5 Å². The predicted octanol–water partition coefficient (Wildman–Crippen LogP) is 3.49. The largest absolute Gasteiger partial charge is 0.494 e. The van der Waals surface area contributed by atoms with Crippen LogP contribution < -0.4 is 4.74 Å². The minimum Gasteiger partial charge on any atom is -0.494 e. The van der Waals surface area contributed by atoms with E-state index in [2.05, 4.69) is 19.1 Å². The Morgan fingerprint density at radius 3 is 2.55 bits per heavy atom. The van der Waals surface area contributed by atoms with E-state index in [1.807, 2.05) is 12.1 Å². The van der Waals surface area contributed by atoms with Crippen molar-refractivity contribution in [1.29, 1.82) is 0 Å². The predicted molar refractivity (Wildman–Crippen MR) is 83.5 cm³/mol. The number of rotatable bonds is 8. The van der Waals surface area contributed by atoms with Gasteiger partial charge in [0.1, 0.15) is 11.1 Å². The maximum Gasteiger partial charge on any atom is 0.240 e. The molecule has 0 aromatic heterocycles. The second-order valence-electron chi connectivity index (χ2n) is 4.97. The molecular formula is C16H24ClNO2. The van der Waals surface area contributed by atoms with Crippen LogP contribution in [0.2, 0.25) is 0 Å². The molecule has 0 aliphatic heterocycles. The number of hydrogen-bond donors (Lipinski definition) is 0. The van der Waals surface area contributed by atoms with Gasteiger partial charge in [-0.3, -0.25) is 4.79 Å². The Kier molecular flexibility index (Phi) is 7.45. The molecule has 112 valence electrons. The number of carbonyl (C=O) groups excluding carboxylic acids is 1. The second kappa shape index (κ2) is 8.85. The van der Waals surface area contributed by atoms with Crippen molar-refractivity contribution >= 4 is 17.5 Å². The molecule has 0 heterocycles. The van der Waals surface area contributed by atoms with E-state index in [0.29, 0.717) is 13.2 Å². The molecule has 0 bridgehead atoms. The molecule has 1 amide bonds. The molecule has 0 aliphatic carbocycles. The first-order valence-corrected chi connectivity index (χ1v) is 7.59. The maximum atomic E-state index is 11.6. The summed E-state index contributed by atoms with van der Waals surface area (Å²) < 4.78 is 5.66. The molecule has 1 unspecified atom stereocenters. The van der Waals surface area contributed by atoms with E-state index in [0.717, 1.165) is 25.0 Å². The monoisotopic (exact) mass is 297 g/mol. The third kappa shape index (κ3) is 5.83. The zero-order valence-electron chi connectivity index (χ0n) is 12.6. The van der Waals surface area contributed by atoms with Crippen LogP contribution in [0, 0.1) is 0 Å². The zero-order chi connectivity index (χ0) is 15.0. The highest BCUT2D eigenvalue weighted by atomic mass is 35.5. The van der Waals surface area contributed by atoms with Gasteiger partial charge in [0.25, 0.3) is 0 Å². The Labute approximate surface area is 126 Å². The number of halogens is 1. The van der Waals surface area contributed by atoms with Crippen molar-refractivity contribution in [3.8, 4) is 5.75 Å². The van der Waals surface area contributed by atoms with E-state index in [1.165, 1.54) is 5.56 Å². The van der Waals surface area contributed by atoms with Gasteiger partial charge in [-0.25, -0.2) is 0 Å². The van der Waals surface area contributed by atoms with Crippen LogP contribution in [0.3, 0.4) is 0 Å². The highest BCUT2D eigenvalue weighted by Crippen LogP contribution is 2.13. The lowest BCUT2D eigenvalue weighted by atomic mass is 10.1. The standard InChI is InChI=1S/C16H24ClNO2/c1-4-6-14-7-9-15(10-8-14)20-12-5-11-18(3)16(19)13(2)17/h7-10,13H,4-6,11-12H2,1-3H3. The quantitative estimate of drug-likeness (QED) is 0.543. The molecule has 1 rings (SSSR count). The van der Waals surface area contributed by atoms with Gasteiger partial charge in [-0.2, -0.15) is 0 Å². The van der Waals surface area contributed by atoms with Gasteiger partial charge in [0.05, 0.1) is 6.61 Å². The van der Waals surface area contributed by atoms with Crippen LogP contribution in [0.25, 0.3) is 0 Å². The van der Waals surface area contributed by atoms with Crippen molar-refractivity contribution in [2.24, 2.45) is 0 Å². The van der Waals surface area contributed by atoms with Crippen LogP contribution in [-0.2, 0) is 11.2 Å². The summed E-state index contributed by atoms with van der Waals surface area (Å²) >= 11 is 5.75. The number of carbonyl (C=O) groups is 1. The maximum absolute atomic E-state index is 11.6. The molecule has 1 aromatic carbocycles. The van der Waals surface area contributed by atoms with E-state index in [9.17, 15) is 4.79 Å². The number of hydrogen-bond acceptors (Lipinski definition) is 2. The van der Waals surface area contributed by atoms with Crippen LogP contribution in [0.4, 0.5) is 0 Å². The summed E-state index contributed by atoms with van der Waals surface area (Å²) in [5.74, 6) is 0.833. The summed E-state index contributed by atoms with van der Waals surface area (Å²) in [6.07, 6.45) is 3.05. The highest BCUT2D eigenvalue weighted by molar-refractivity contribution is 6.30. The van der Waals surface area contributed by atoms with Crippen molar-refractivity contribution < 1.29 is 9.53 Å². The van der Waals surface area contributed by atoms with E-state index >= 15 is 0 Å². The smallest absolute Gasteiger partial charge is 0.240 e. The van der Waals surface area contributed by atoms with E-state index in [-0.39, 0.29) is 5.91 Å². The Bertz CT molecular complexity index is 403. The van der Waals surface area contributed by atoms with Crippen molar-refractivity contribution in [2.45, 2.75) is 38.5 Å². The first-order chi connectivity index (χ1) is 9.54. The second-order valence-corrected chi connectivity index (χ2v) is 5.63. The number of nitrogens with zero attached hydrogens (tertiary/aromatic N) is 1. The van der Waals surface area contributed by atoms with Crippen molar-refractivity contribution in [2.75, 3.05) is 20.2 Å². The Hall–Kier alpha value is -1.22. The fraction of sp³-hybridized carbons (Fsp3) is 0.562. The fourth-order valence-electron chi connectivity index (χ4n) is 1.95. The number of ether oxygens (including phenoxy) is 1. The Balaban J connectivity index is 2.25. The van der Waals surface area contributed by atoms with Crippen molar-refractivity contribution in [3.05, 3.63) is 29.8 Å². The van der Waals surface area contributed by atoms with Crippen LogP contribution >= 0.6 is 11.6 Å². The first-order valence-electron chi connectivity index (χ1n) is 7.15. The Morgan fingerprint density at radius 2 is 2.00 bits per heavy atom. The van der Waals surface area contributed by atoms with Gasteiger partial charge in [0, 0.05) is 13.6 Å². The molecule has 0 aliphatic rings. The van der Waals surface area contributed by atoms with E-state index < -0.39 is 5.38 Å². The number of aryl methyl sites for hydroxylation is 1. The van der Waals surface area contributed by atoms with Gasteiger partial charge >= 0.3 is 0 Å². The molecule has 20 heavy (non-hydrogen) atoms. The molecular weight excluding hydrogens is 274 g/mol. The van der Waals surface area contributed by atoms with Crippen LogP contribution in [0.15, 0.2) is 24.3 Å². The third-order valence-electron chi connectivity index (χ3n) is 3.09. The molecule has 0 radical (unpaired) electrons. The number of benzene rings is 1. The highest BCUT2D eigenvalue weighted by Gasteiger charge is 2.13. The first kappa shape index (κ1) is 16.8. The van der Waals surface area contributed by atoms with Crippen molar-refractivity contribution in [3.63, 3.8) is 0 Å². The summed E-state index contributed by atoms with van der Waals surface area (Å²) in [4.78, 5) is 13.2. The molecule has 0 saturated carbocycles. The lowest BCUT2D eigenvalue weighted by molar-refractivity contribution is -0.129. The number of alkyl halides is 1. The normalized spacial score (nSPS) is 12.0. The van der Waals surface area contributed by atoms with Gasteiger partial charge in [0.15, 0.2) is 0 Å². The minimum atomic E-state index is -0.466. The Morgan fingerprint density at radius 1 is 1.35 bits per heavy atom. The summed E-state index contributed by atoms with van der Waals surface area (Å²) in [6, 6.07) is 8.20. The third-order valence-corrected chi connectivity index (χ3v) is 3.27. The summed E-state index contributed by atoms with van der Waals surface area (Å²) in [5.41, 5.74) is 1.33. The minimum absolute atomic E-state index is 0.0458. The van der Waals surface area contributed by atoms with E-state index in [4.69, 9.17) is 16.3 Å². The summed E-state index contributed by atoms with van der Waals surface area (Å²) in [6.45, 7) is 5.11. The van der Waals surface area contributed by atoms with Gasteiger partial charge in [-0.1, -0.05) is 25.5 Å². The van der Waals surface area contributed by atoms with E-state index in [1.54, 1.807) is 18.9 Å². The molecule has 1 atom stereocenters. The van der Waals surface area contributed by atoms with Crippen LogP contribution in [-0.4, -0.2) is 36.4 Å². The molecule has 4 heteroatoms. The molecule has 0 fully saturated rings. The lowest BCUT2D eigenvalue weighted by Crippen LogP contribution is -2.33. The number of amides is 1. The molecule has 0 N–H and O–H groups in total. The average molecular weight is 298 g/mol. The molecule has 3 nitrogen and oxygen atoms in total. The molecule has 0 saturated heterocycles. The molecule has 0 spiro atoms. The fourth-order valence-corrected chi connectivity index (χ4v) is 2.11. The molecule has 1 aromatic rings. The van der Waals surface area contributed by atoms with Gasteiger partial charge in [-0.15, -0.1) is 11.6 Å². The van der Waals surface area contributed by atoms with Gasteiger partial charge < -0.3 is 9.64 Å². The topological polar surface area (TPSA) is 29.5 Å². The van der Waals surface area contributed by atoms with Crippen LogP contribution in [0.5, 0.6) is 5.75 Å². The summed E-state index contributed by atoms with van der Waals surface area (Å²) in [7, 11) is 1.76. The van der Waals surface area contributed by atoms with Crippen molar-refractivity contribution in [1.82, 2.24) is 4.90 Å². The zero-order valence-corrected chi connectivity index (χ0v) is 13.3. The lowest BCUT2D eigenvalue weighted by Gasteiger charge is -2.18. The summed E-state index contributed by atoms with van der Waals surface area (Å²) in [5, 5.41) is -0.466. The SMILES string of the molecule is CCCc1ccc(OCCCN(C)C(=O)C(C)Cl)cc1. The van der Waals surface area contributed by atoms with Gasteiger partial charge in [0.2, 0.25) is 5.91 Å². The van der Waals surface area contributed by atoms with Crippen LogP contribution in [0.1, 0.15) is 32.3 Å². The average Bonchev–Trinajstić information content (AvgIpc) is 2.44.